The quantitative estimate of drug-likeness (QED) is 0.900. The van der Waals surface area contributed by atoms with Crippen molar-refractivity contribution in [2.24, 2.45) is 5.92 Å². The molecule has 2 aliphatic rings. The Labute approximate surface area is 114 Å². The van der Waals surface area contributed by atoms with Crippen molar-refractivity contribution < 1.29 is 4.74 Å². The zero-order chi connectivity index (χ0) is 12.6. The summed E-state index contributed by atoms with van der Waals surface area (Å²) in [5, 5.41) is 3.54. The molecule has 1 aromatic heterocycles. The maximum Gasteiger partial charge on any atom is 0.0686 e. The van der Waals surface area contributed by atoms with Crippen LogP contribution >= 0.6 is 11.3 Å². The molecule has 3 rings (SSSR count). The predicted molar refractivity (Wildman–Crippen MR) is 76.1 cm³/mol. The van der Waals surface area contributed by atoms with E-state index in [2.05, 4.69) is 31.4 Å². The smallest absolute Gasteiger partial charge is 0.0686 e. The van der Waals surface area contributed by atoms with Crippen molar-refractivity contribution in [3.8, 4) is 0 Å². The van der Waals surface area contributed by atoms with Gasteiger partial charge in [0, 0.05) is 22.4 Å². The highest BCUT2D eigenvalue weighted by molar-refractivity contribution is 7.12. The van der Waals surface area contributed by atoms with Crippen LogP contribution in [0.2, 0.25) is 0 Å². The molecular weight excluding hydrogens is 242 g/mol. The van der Waals surface area contributed by atoms with Gasteiger partial charge in [-0.3, -0.25) is 0 Å². The molecule has 0 radical (unpaired) electrons. The minimum Gasteiger partial charge on any atom is -0.375 e. The van der Waals surface area contributed by atoms with E-state index < -0.39 is 0 Å². The third-order valence-electron chi connectivity index (χ3n) is 4.65. The average molecular weight is 265 g/mol. The van der Waals surface area contributed by atoms with Crippen LogP contribution < -0.4 is 5.32 Å². The zero-order valence-corrected chi connectivity index (χ0v) is 12.2. The highest BCUT2D eigenvalue weighted by atomic mass is 32.1. The second-order valence-electron chi connectivity index (χ2n) is 5.85. The largest absolute Gasteiger partial charge is 0.375 e. The molecule has 1 saturated carbocycles. The normalized spacial score (nSPS) is 28.0. The van der Waals surface area contributed by atoms with Gasteiger partial charge in [-0.2, -0.15) is 0 Å². The van der Waals surface area contributed by atoms with Crippen LogP contribution in [0.15, 0.2) is 12.1 Å². The molecule has 1 aliphatic carbocycles. The molecule has 1 spiro atoms. The molecule has 18 heavy (non-hydrogen) atoms. The van der Waals surface area contributed by atoms with Crippen molar-refractivity contribution in [2.45, 2.75) is 50.7 Å². The number of nitrogens with one attached hydrogen (secondary N) is 1. The SMILES string of the molecule is CNC(c1ccc(C)s1)C1CCOC2(CCC2)C1. The van der Waals surface area contributed by atoms with Gasteiger partial charge in [0.15, 0.2) is 0 Å². The Morgan fingerprint density at radius 1 is 1.44 bits per heavy atom. The van der Waals surface area contributed by atoms with Crippen molar-refractivity contribution in [2.75, 3.05) is 13.7 Å². The van der Waals surface area contributed by atoms with Gasteiger partial charge in [0.2, 0.25) is 0 Å². The Morgan fingerprint density at radius 2 is 2.28 bits per heavy atom. The van der Waals surface area contributed by atoms with Crippen molar-refractivity contribution in [3.63, 3.8) is 0 Å². The average Bonchev–Trinajstić information content (AvgIpc) is 2.75. The number of rotatable bonds is 3. The van der Waals surface area contributed by atoms with E-state index >= 15 is 0 Å². The first-order chi connectivity index (χ1) is 8.72. The van der Waals surface area contributed by atoms with E-state index in [1.807, 2.05) is 11.3 Å². The number of hydrogen-bond donors (Lipinski definition) is 1. The monoisotopic (exact) mass is 265 g/mol. The Hall–Kier alpha value is -0.380. The van der Waals surface area contributed by atoms with Crippen molar-refractivity contribution in [1.82, 2.24) is 5.32 Å². The summed E-state index contributed by atoms with van der Waals surface area (Å²) in [6, 6.07) is 5.05. The topological polar surface area (TPSA) is 21.3 Å². The lowest BCUT2D eigenvalue weighted by Gasteiger charge is -2.48. The van der Waals surface area contributed by atoms with Crippen LogP contribution in [0.4, 0.5) is 0 Å². The van der Waals surface area contributed by atoms with Gasteiger partial charge in [0.25, 0.3) is 0 Å². The molecule has 2 atom stereocenters. The van der Waals surface area contributed by atoms with E-state index in [0.29, 0.717) is 6.04 Å². The van der Waals surface area contributed by atoms with Crippen LogP contribution in [-0.4, -0.2) is 19.3 Å². The van der Waals surface area contributed by atoms with Crippen molar-refractivity contribution in [1.29, 1.82) is 0 Å². The molecule has 1 saturated heterocycles. The van der Waals surface area contributed by atoms with Gasteiger partial charge < -0.3 is 10.1 Å². The molecule has 0 aromatic carbocycles. The lowest BCUT2D eigenvalue weighted by Crippen LogP contribution is -2.47. The minimum atomic E-state index is 0.254. The fourth-order valence-electron chi connectivity index (χ4n) is 3.50. The van der Waals surface area contributed by atoms with Crippen LogP contribution in [-0.2, 0) is 4.74 Å². The molecule has 1 N–H and O–H groups in total. The van der Waals surface area contributed by atoms with E-state index in [9.17, 15) is 0 Å². The summed E-state index contributed by atoms with van der Waals surface area (Å²) < 4.78 is 6.04. The van der Waals surface area contributed by atoms with Crippen LogP contribution in [0.25, 0.3) is 0 Å². The fourth-order valence-corrected chi connectivity index (χ4v) is 4.58. The first-order valence-electron chi connectivity index (χ1n) is 7.10. The second kappa shape index (κ2) is 4.95. The highest BCUT2D eigenvalue weighted by Crippen LogP contribution is 2.47. The molecule has 2 fully saturated rings. The number of aryl methyl sites for hydroxylation is 1. The Morgan fingerprint density at radius 3 is 2.83 bits per heavy atom. The van der Waals surface area contributed by atoms with Gasteiger partial charge in [-0.15, -0.1) is 11.3 Å². The summed E-state index contributed by atoms with van der Waals surface area (Å²) in [5.41, 5.74) is 0.254. The van der Waals surface area contributed by atoms with Crippen LogP contribution in [0.1, 0.15) is 47.9 Å². The summed E-state index contributed by atoms with van der Waals surface area (Å²) in [7, 11) is 2.10. The van der Waals surface area contributed by atoms with Gasteiger partial charge in [-0.05, 0) is 64.1 Å². The molecule has 3 heteroatoms. The lowest BCUT2D eigenvalue weighted by atomic mass is 9.70. The summed E-state index contributed by atoms with van der Waals surface area (Å²) >= 11 is 1.94. The molecule has 1 aromatic rings. The fraction of sp³-hybridized carbons (Fsp3) is 0.733. The maximum atomic E-state index is 6.04. The van der Waals surface area contributed by atoms with Crippen molar-refractivity contribution in [3.05, 3.63) is 21.9 Å². The van der Waals surface area contributed by atoms with Gasteiger partial charge in [0.05, 0.1) is 5.60 Å². The van der Waals surface area contributed by atoms with Crippen LogP contribution in [0.3, 0.4) is 0 Å². The standard InChI is InChI=1S/C15H23NOS/c1-11-4-5-13(18-11)14(16-2)12-6-9-17-15(10-12)7-3-8-15/h4-5,12,14,16H,3,6-10H2,1-2H3. The summed E-state index contributed by atoms with van der Waals surface area (Å²) in [5.74, 6) is 0.738. The van der Waals surface area contributed by atoms with E-state index in [1.165, 1.54) is 41.9 Å². The molecule has 1 aliphatic heterocycles. The van der Waals surface area contributed by atoms with Crippen molar-refractivity contribution >= 4 is 11.3 Å². The third kappa shape index (κ3) is 2.24. The minimum absolute atomic E-state index is 0.254. The van der Waals surface area contributed by atoms with E-state index in [1.54, 1.807) is 0 Å². The highest BCUT2D eigenvalue weighted by Gasteiger charge is 2.44. The lowest BCUT2D eigenvalue weighted by molar-refractivity contribution is -0.147. The number of thiophene rings is 1. The first-order valence-corrected chi connectivity index (χ1v) is 7.92. The first kappa shape index (κ1) is 12.6. The number of hydrogen-bond acceptors (Lipinski definition) is 3. The zero-order valence-electron chi connectivity index (χ0n) is 11.4. The second-order valence-corrected chi connectivity index (χ2v) is 7.17. The molecule has 2 unspecified atom stereocenters. The van der Waals surface area contributed by atoms with Gasteiger partial charge in [-0.1, -0.05) is 0 Å². The molecular formula is C15H23NOS. The summed E-state index contributed by atoms with van der Waals surface area (Å²) in [6.07, 6.45) is 6.36. The number of ether oxygens (including phenoxy) is 1. The van der Waals surface area contributed by atoms with E-state index in [4.69, 9.17) is 4.74 Å². The summed E-state index contributed by atoms with van der Waals surface area (Å²) in [4.78, 5) is 2.91. The van der Waals surface area contributed by atoms with Crippen LogP contribution in [0, 0.1) is 12.8 Å². The molecule has 2 heterocycles. The Balaban J connectivity index is 1.75. The molecule has 100 valence electrons. The van der Waals surface area contributed by atoms with E-state index in [0.717, 1.165) is 12.5 Å². The van der Waals surface area contributed by atoms with Gasteiger partial charge in [0.1, 0.15) is 0 Å². The third-order valence-corrected chi connectivity index (χ3v) is 5.73. The van der Waals surface area contributed by atoms with E-state index in [-0.39, 0.29) is 5.60 Å². The Kier molecular flexibility index (Phi) is 3.48. The molecule has 0 amide bonds. The van der Waals surface area contributed by atoms with Crippen LogP contribution in [0.5, 0.6) is 0 Å². The Bertz CT molecular complexity index is 410. The van der Waals surface area contributed by atoms with Gasteiger partial charge >= 0.3 is 0 Å². The molecule has 2 nitrogen and oxygen atoms in total. The maximum absolute atomic E-state index is 6.04. The summed E-state index contributed by atoms with van der Waals surface area (Å²) in [6.45, 7) is 3.14. The van der Waals surface area contributed by atoms with Gasteiger partial charge in [-0.25, -0.2) is 0 Å². The molecule has 0 bridgehead atoms. The predicted octanol–water partition coefficient (Wildman–Crippen LogP) is 3.67.